The zero-order valence-corrected chi connectivity index (χ0v) is 15.2. The summed E-state index contributed by atoms with van der Waals surface area (Å²) in [6.45, 7) is 9.29. The van der Waals surface area contributed by atoms with Crippen LogP contribution in [0.4, 0.5) is 0 Å². The molecule has 1 unspecified atom stereocenters. The average Bonchev–Trinajstić information content (AvgIpc) is 2.58. The molecule has 7 heteroatoms. The van der Waals surface area contributed by atoms with E-state index in [0.29, 0.717) is 39.1 Å². The molecule has 1 rings (SSSR count). The SMILES string of the molecule is CCNC(=NCCCC(=O)OCC)N1CCCC(C(=O)OCC)C1. The number of esters is 2. The van der Waals surface area contributed by atoms with E-state index in [1.165, 1.54) is 0 Å². The number of guanidine groups is 1. The molecule has 1 fully saturated rings. The molecule has 1 aliphatic rings. The van der Waals surface area contributed by atoms with Crippen LogP contribution in [-0.2, 0) is 19.1 Å². The summed E-state index contributed by atoms with van der Waals surface area (Å²) in [5.74, 6) is 0.399. The van der Waals surface area contributed by atoms with Crippen molar-refractivity contribution in [2.45, 2.75) is 46.5 Å². The Bertz CT molecular complexity index is 426. The fraction of sp³-hybridized carbons (Fsp3) is 0.824. The Morgan fingerprint density at radius 3 is 2.62 bits per heavy atom. The van der Waals surface area contributed by atoms with E-state index in [9.17, 15) is 9.59 Å². The zero-order valence-electron chi connectivity index (χ0n) is 15.2. The third kappa shape index (κ3) is 7.19. The highest BCUT2D eigenvalue weighted by Crippen LogP contribution is 2.18. The number of carbonyl (C=O) groups is 2. The van der Waals surface area contributed by atoms with E-state index >= 15 is 0 Å². The van der Waals surface area contributed by atoms with Crippen LogP contribution >= 0.6 is 0 Å². The van der Waals surface area contributed by atoms with Gasteiger partial charge in [-0.05, 0) is 40.0 Å². The van der Waals surface area contributed by atoms with Crippen LogP contribution in [0.5, 0.6) is 0 Å². The summed E-state index contributed by atoms with van der Waals surface area (Å²) in [5, 5.41) is 3.26. The first kappa shape index (κ1) is 20.3. The van der Waals surface area contributed by atoms with Gasteiger partial charge in [0.05, 0.1) is 19.1 Å². The van der Waals surface area contributed by atoms with Gasteiger partial charge in [0.25, 0.3) is 0 Å². The molecular formula is C17H31N3O4. The number of hydrogen-bond acceptors (Lipinski definition) is 5. The topological polar surface area (TPSA) is 80.2 Å². The highest BCUT2D eigenvalue weighted by molar-refractivity contribution is 5.81. The second kappa shape index (κ2) is 11.7. The Hall–Kier alpha value is -1.79. The molecule has 1 heterocycles. The fourth-order valence-electron chi connectivity index (χ4n) is 2.69. The van der Waals surface area contributed by atoms with Gasteiger partial charge in [0.15, 0.2) is 5.96 Å². The van der Waals surface area contributed by atoms with Crippen molar-refractivity contribution in [1.82, 2.24) is 10.2 Å². The molecule has 138 valence electrons. The molecule has 0 amide bonds. The summed E-state index contributed by atoms with van der Waals surface area (Å²) in [6, 6.07) is 0. The highest BCUT2D eigenvalue weighted by atomic mass is 16.5. The van der Waals surface area contributed by atoms with E-state index in [4.69, 9.17) is 9.47 Å². The third-order valence-corrected chi connectivity index (χ3v) is 3.78. The quantitative estimate of drug-likeness (QED) is 0.312. The summed E-state index contributed by atoms with van der Waals surface area (Å²) in [4.78, 5) is 30.0. The van der Waals surface area contributed by atoms with Crippen molar-refractivity contribution in [1.29, 1.82) is 0 Å². The molecule has 0 aromatic heterocycles. The molecule has 1 saturated heterocycles. The lowest BCUT2D eigenvalue weighted by atomic mass is 9.98. The number of nitrogens with zero attached hydrogens (tertiary/aromatic N) is 2. The lowest BCUT2D eigenvalue weighted by Gasteiger charge is -2.34. The molecule has 24 heavy (non-hydrogen) atoms. The molecule has 0 saturated carbocycles. The Morgan fingerprint density at radius 2 is 1.96 bits per heavy atom. The van der Waals surface area contributed by atoms with Gasteiger partial charge in [0, 0.05) is 32.6 Å². The Morgan fingerprint density at radius 1 is 1.21 bits per heavy atom. The minimum atomic E-state index is -0.182. The van der Waals surface area contributed by atoms with Gasteiger partial charge >= 0.3 is 11.9 Å². The van der Waals surface area contributed by atoms with Gasteiger partial charge in [-0.25, -0.2) is 0 Å². The van der Waals surface area contributed by atoms with Crippen LogP contribution in [0.15, 0.2) is 4.99 Å². The lowest BCUT2D eigenvalue weighted by molar-refractivity contribution is -0.149. The largest absolute Gasteiger partial charge is 0.466 e. The molecule has 0 aromatic rings. The van der Waals surface area contributed by atoms with Gasteiger partial charge in [0.2, 0.25) is 0 Å². The van der Waals surface area contributed by atoms with Crippen LogP contribution in [0.3, 0.4) is 0 Å². The van der Waals surface area contributed by atoms with Gasteiger partial charge in [-0.3, -0.25) is 14.6 Å². The smallest absolute Gasteiger partial charge is 0.310 e. The number of likely N-dealkylation sites (tertiary alicyclic amines) is 1. The minimum Gasteiger partial charge on any atom is -0.466 e. The first-order valence-corrected chi connectivity index (χ1v) is 8.97. The standard InChI is InChI=1S/C17H31N3O4/c1-4-18-17(19-11-7-10-15(21)23-5-2)20-12-8-9-14(13-20)16(22)24-6-3/h14H,4-13H2,1-3H3,(H,18,19). The summed E-state index contributed by atoms with van der Waals surface area (Å²) in [6.07, 6.45) is 2.83. The molecule has 1 atom stereocenters. The highest BCUT2D eigenvalue weighted by Gasteiger charge is 2.28. The lowest BCUT2D eigenvalue weighted by Crippen LogP contribution is -2.48. The van der Waals surface area contributed by atoms with E-state index in [2.05, 4.69) is 15.2 Å². The summed E-state index contributed by atoms with van der Waals surface area (Å²) < 4.78 is 10.1. The van der Waals surface area contributed by atoms with Gasteiger partial charge in [-0.1, -0.05) is 0 Å². The normalized spacial score (nSPS) is 18.2. The number of piperidine rings is 1. The van der Waals surface area contributed by atoms with Crippen molar-refractivity contribution in [3.63, 3.8) is 0 Å². The van der Waals surface area contributed by atoms with Gasteiger partial charge in [0.1, 0.15) is 0 Å². The third-order valence-electron chi connectivity index (χ3n) is 3.78. The summed E-state index contributed by atoms with van der Waals surface area (Å²) >= 11 is 0. The molecule has 0 radical (unpaired) electrons. The van der Waals surface area contributed by atoms with Gasteiger partial charge < -0.3 is 19.7 Å². The molecule has 7 nitrogen and oxygen atoms in total. The monoisotopic (exact) mass is 341 g/mol. The van der Waals surface area contributed by atoms with Gasteiger partial charge in [-0.15, -0.1) is 0 Å². The second-order valence-corrected chi connectivity index (χ2v) is 5.68. The maximum atomic E-state index is 12.0. The number of nitrogens with one attached hydrogen (secondary N) is 1. The fourth-order valence-corrected chi connectivity index (χ4v) is 2.69. The van der Waals surface area contributed by atoms with Crippen molar-refractivity contribution in [2.24, 2.45) is 10.9 Å². The molecule has 1 N–H and O–H groups in total. The van der Waals surface area contributed by atoms with E-state index in [1.807, 2.05) is 13.8 Å². The number of rotatable bonds is 8. The van der Waals surface area contributed by atoms with E-state index in [0.717, 1.165) is 31.9 Å². The molecule has 1 aliphatic heterocycles. The number of aliphatic imine (C=N–C) groups is 1. The van der Waals surface area contributed by atoms with E-state index in [-0.39, 0.29) is 17.9 Å². The second-order valence-electron chi connectivity index (χ2n) is 5.68. The number of hydrogen-bond donors (Lipinski definition) is 1. The van der Waals surface area contributed by atoms with Crippen LogP contribution in [0.25, 0.3) is 0 Å². The summed E-state index contributed by atoms with van der Waals surface area (Å²) in [7, 11) is 0. The first-order chi connectivity index (χ1) is 11.6. The Labute approximate surface area is 144 Å². The molecular weight excluding hydrogens is 310 g/mol. The van der Waals surface area contributed by atoms with Crippen LogP contribution < -0.4 is 5.32 Å². The molecule has 0 aliphatic carbocycles. The van der Waals surface area contributed by atoms with Crippen molar-refractivity contribution in [3.8, 4) is 0 Å². The van der Waals surface area contributed by atoms with Crippen molar-refractivity contribution >= 4 is 17.9 Å². The van der Waals surface area contributed by atoms with Gasteiger partial charge in [-0.2, -0.15) is 0 Å². The molecule has 0 aromatic carbocycles. The Kier molecular flexibility index (Phi) is 9.88. The van der Waals surface area contributed by atoms with Crippen LogP contribution in [-0.4, -0.2) is 62.2 Å². The molecule has 0 bridgehead atoms. The first-order valence-electron chi connectivity index (χ1n) is 8.97. The number of ether oxygens (including phenoxy) is 2. The summed E-state index contributed by atoms with van der Waals surface area (Å²) in [5.41, 5.74) is 0. The van der Waals surface area contributed by atoms with Crippen molar-refractivity contribution in [3.05, 3.63) is 0 Å². The van der Waals surface area contributed by atoms with E-state index < -0.39 is 0 Å². The van der Waals surface area contributed by atoms with Crippen molar-refractivity contribution in [2.75, 3.05) is 39.4 Å². The number of carbonyl (C=O) groups excluding carboxylic acids is 2. The van der Waals surface area contributed by atoms with E-state index in [1.54, 1.807) is 6.92 Å². The van der Waals surface area contributed by atoms with Crippen LogP contribution in [0.1, 0.15) is 46.5 Å². The van der Waals surface area contributed by atoms with Crippen LogP contribution in [0.2, 0.25) is 0 Å². The minimum absolute atomic E-state index is 0.0953. The maximum absolute atomic E-state index is 12.0. The molecule has 0 spiro atoms. The average molecular weight is 341 g/mol. The maximum Gasteiger partial charge on any atom is 0.310 e. The van der Waals surface area contributed by atoms with Crippen molar-refractivity contribution < 1.29 is 19.1 Å². The zero-order chi connectivity index (χ0) is 17.8. The predicted octanol–water partition coefficient (Wildman–Crippen LogP) is 1.57. The van der Waals surface area contributed by atoms with Crippen LogP contribution in [0, 0.1) is 5.92 Å². The predicted molar refractivity (Wildman–Crippen MR) is 92.8 cm³/mol. The Balaban J connectivity index is 2.54.